The van der Waals surface area contributed by atoms with E-state index in [-0.39, 0.29) is 18.2 Å². The summed E-state index contributed by atoms with van der Waals surface area (Å²) in [7, 11) is 0. The standard InChI is InChI=1S/C13H26N2O3/c1-10(16)9-15-7-5-11(6-8-15)14-12(17)18-13(2,3)4/h10-11,16H,5-9H2,1-4H3,(H,14,17)/t10-/m1/s1. The van der Waals surface area contributed by atoms with E-state index in [1.54, 1.807) is 6.92 Å². The van der Waals surface area contributed by atoms with Gasteiger partial charge in [-0.15, -0.1) is 0 Å². The fourth-order valence-electron chi connectivity index (χ4n) is 2.11. The van der Waals surface area contributed by atoms with Crippen molar-refractivity contribution in [3.05, 3.63) is 0 Å². The average Bonchev–Trinajstić information content (AvgIpc) is 2.17. The highest BCUT2D eigenvalue weighted by Crippen LogP contribution is 2.12. The van der Waals surface area contributed by atoms with E-state index in [0.29, 0.717) is 6.54 Å². The van der Waals surface area contributed by atoms with Crippen molar-refractivity contribution in [2.45, 2.75) is 58.3 Å². The van der Waals surface area contributed by atoms with Gasteiger partial charge in [-0.3, -0.25) is 0 Å². The minimum atomic E-state index is -0.447. The molecule has 1 rings (SSSR count). The van der Waals surface area contributed by atoms with Gasteiger partial charge in [0, 0.05) is 25.7 Å². The summed E-state index contributed by atoms with van der Waals surface area (Å²) in [5.41, 5.74) is -0.447. The lowest BCUT2D eigenvalue weighted by atomic mass is 10.1. The lowest BCUT2D eigenvalue weighted by Crippen LogP contribution is -2.47. The van der Waals surface area contributed by atoms with Crippen LogP contribution in [0, 0.1) is 0 Å². The van der Waals surface area contributed by atoms with Gasteiger partial charge in [0.25, 0.3) is 0 Å². The van der Waals surface area contributed by atoms with Crippen molar-refractivity contribution in [3.8, 4) is 0 Å². The van der Waals surface area contributed by atoms with E-state index in [4.69, 9.17) is 4.74 Å². The van der Waals surface area contributed by atoms with Crippen molar-refractivity contribution < 1.29 is 14.6 Å². The van der Waals surface area contributed by atoms with Crippen LogP contribution in [-0.4, -0.2) is 53.5 Å². The number of rotatable bonds is 3. The van der Waals surface area contributed by atoms with Crippen LogP contribution in [0.5, 0.6) is 0 Å². The van der Waals surface area contributed by atoms with E-state index >= 15 is 0 Å². The predicted molar refractivity (Wildman–Crippen MR) is 70.5 cm³/mol. The monoisotopic (exact) mass is 258 g/mol. The number of amides is 1. The number of carbonyl (C=O) groups is 1. The third kappa shape index (κ3) is 6.21. The Bertz CT molecular complexity index is 266. The summed E-state index contributed by atoms with van der Waals surface area (Å²) in [5.74, 6) is 0. The number of nitrogens with zero attached hydrogens (tertiary/aromatic N) is 1. The number of hydrogen-bond acceptors (Lipinski definition) is 4. The van der Waals surface area contributed by atoms with Gasteiger partial charge < -0.3 is 20.1 Å². The molecule has 1 fully saturated rings. The Kier molecular flexibility index (Phi) is 5.41. The van der Waals surface area contributed by atoms with E-state index in [1.807, 2.05) is 20.8 Å². The minimum absolute atomic E-state index is 0.185. The number of likely N-dealkylation sites (tertiary alicyclic amines) is 1. The van der Waals surface area contributed by atoms with Gasteiger partial charge in [-0.1, -0.05) is 0 Å². The topological polar surface area (TPSA) is 61.8 Å². The van der Waals surface area contributed by atoms with Crippen LogP contribution in [0.1, 0.15) is 40.5 Å². The molecule has 1 heterocycles. The van der Waals surface area contributed by atoms with Gasteiger partial charge in [-0.25, -0.2) is 4.79 Å². The first-order chi connectivity index (χ1) is 8.26. The number of carbonyl (C=O) groups excluding carboxylic acids is 1. The van der Waals surface area contributed by atoms with Crippen molar-refractivity contribution in [3.63, 3.8) is 0 Å². The third-order valence-corrected chi connectivity index (χ3v) is 2.83. The van der Waals surface area contributed by atoms with Crippen LogP contribution in [0.4, 0.5) is 4.79 Å². The largest absolute Gasteiger partial charge is 0.444 e. The lowest BCUT2D eigenvalue weighted by molar-refractivity contribution is 0.0464. The molecule has 1 atom stereocenters. The molecule has 5 heteroatoms. The SMILES string of the molecule is C[C@@H](O)CN1CCC(NC(=O)OC(C)(C)C)CC1. The van der Waals surface area contributed by atoms with Gasteiger partial charge in [-0.05, 0) is 40.5 Å². The Labute approximate surface area is 109 Å². The quantitative estimate of drug-likeness (QED) is 0.802. The van der Waals surface area contributed by atoms with E-state index in [9.17, 15) is 9.90 Å². The van der Waals surface area contributed by atoms with E-state index in [2.05, 4.69) is 10.2 Å². The Morgan fingerprint density at radius 3 is 2.44 bits per heavy atom. The number of aliphatic hydroxyl groups excluding tert-OH is 1. The Hall–Kier alpha value is -0.810. The van der Waals surface area contributed by atoms with Crippen LogP contribution < -0.4 is 5.32 Å². The first-order valence-electron chi connectivity index (χ1n) is 6.66. The molecular weight excluding hydrogens is 232 g/mol. The zero-order valence-corrected chi connectivity index (χ0v) is 11.9. The van der Waals surface area contributed by atoms with Crippen LogP contribution >= 0.6 is 0 Å². The van der Waals surface area contributed by atoms with Crippen molar-refractivity contribution >= 4 is 6.09 Å². The predicted octanol–water partition coefficient (Wildman–Crippen LogP) is 1.36. The fourth-order valence-corrected chi connectivity index (χ4v) is 2.11. The number of alkyl carbamates (subject to hydrolysis) is 1. The number of nitrogens with one attached hydrogen (secondary N) is 1. The molecule has 1 amide bonds. The van der Waals surface area contributed by atoms with Crippen LogP contribution in [0.25, 0.3) is 0 Å². The normalized spacial score (nSPS) is 20.5. The summed E-state index contributed by atoms with van der Waals surface area (Å²) < 4.78 is 5.23. The first kappa shape index (κ1) is 15.2. The summed E-state index contributed by atoms with van der Waals surface area (Å²) >= 11 is 0. The van der Waals surface area contributed by atoms with Gasteiger partial charge in [0.05, 0.1) is 6.10 Å². The van der Waals surface area contributed by atoms with Gasteiger partial charge in [0.2, 0.25) is 0 Å². The maximum atomic E-state index is 11.6. The molecule has 0 aromatic rings. The van der Waals surface area contributed by atoms with Gasteiger partial charge >= 0.3 is 6.09 Å². The number of hydrogen-bond donors (Lipinski definition) is 2. The number of ether oxygens (including phenoxy) is 1. The summed E-state index contributed by atoms with van der Waals surface area (Å²) in [5, 5.41) is 12.2. The summed E-state index contributed by atoms with van der Waals surface area (Å²) in [6.07, 6.45) is 1.19. The van der Waals surface area contributed by atoms with Crippen LogP contribution in [0.2, 0.25) is 0 Å². The molecule has 106 valence electrons. The second kappa shape index (κ2) is 6.38. The Morgan fingerprint density at radius 2 is 2.00 bits per heavy atom. The molecule has 0 aliphatic carbocycles. The number of aliphatic hydroxyl groups is 1. The maximum absolute atomic E-state index is 11.6. The molecule has 0 bridgehead atoms. The highest BCUT2D eigenvalue weighted by molar-refractivity contribution is 5.68. The van der Waals surface area contributed by atoms with Gasteiger partial charge in [-0.2, -0.15) is 0 Å². The molecule has 1 saturated heterocycles. The molecule has 1 aliphatic heterocycles. The third-order valence-electron chi connectivity index (χ3n) is 2.83. The fraction of sp³-hybridized carbons (Fsp3) is 0.923. The minimum Gasteiger partial charge on any atom is -0.444 e. The van der Waals surface area contributed by atoms with E-state index in [1.165, 1.54) is 0 Å². The van der Waals surface area contributed by atoms with Crippen LogP contribution in [0.3, 0.4) is 0 Å². The highest BCUT2D eigenvalue weighted by atomic mass is 16.6. The summed E-state index contributed by atoms with van der Waals surface area (Å²) in [4.78, 5) is 13.8. The molecular formula is C13H26N2O3. The molecule has 5 nitrogen and oxygen atoms in total. The second-order valence-electron chi connectivity index (χ2n) is 6.07. The molecule has 0 aromatic heterocycles. The number of β-amino-alcohol motifs (C(OH)–C–C–N with tert-alkyl or cyclic N) is 1. The first-order valence-corrected chi connectivity index (χ1v) is 6.66. The zero-order valence-electron chi connectivity index (χ0n) is 11.9. The highest BCUT2D eigenvalue weighted by Gasteiger charge is 2.23. The molecule has 0 spiro atoms. The number of piperidine rings is 1. The van der Waals surface area contributed by atoms with Gasteiger partial charge in [0.1, 0.15) is 5.60 Å². The molecule has 0 radical (unpaired) electrons. The Balaban J connectivity index is 2.25. The van der Waals surface area contributed by atoms with Crippen molar-refractivity contribution in [2.24, 2.45) is 0 Å². The molecule has 18 heavy (non-hydrogen) atoms. The van der Waals surface area contributed by atoms with Crippen LogP contribution in [-0.2, 0) is 4.74 Å². The molecule has 2 N–H and O–H groups in total. The molecule has 0 aromatic carbocycles. The Morgan fingerprint density at radius 1 is 1.44 bits per heavy atom. The van der Waals surface area contributed by atoms with Gasteiger partial charge in [0.15, 0.2) is 0 Å². The van der Waals surface area contributed by atoms with Crippen molar-refractivity contribution in [2.75, 3.05) is 19.6 Å². The van der Waals surface area contributed by atoms with E-state index < -0.39 is 5.60 Å². The summed E-state index contributed by atoms with van der Waals surface area (Å²) in [6, 6.07) is 0.185. The van der Waals surface area contributed by atoms with Crippen molar-refractivity contribution in [1.29, 1.82) is 0 Å². The second-order valence-corrected chi connectivity index (χ2v) is 6.07. The average molecular weight is 258 g/mol. The molecule has 0 unspecified atom stereocenters. The summed E-state index contributed by atoms with van der Waals surface area (Å²) in [6.45, 7) is 9.90. The lowest BCUT2D eigenvalue weighted by Gasteiger charge is -2.33. The molecule has 1 aliphatic rings. The maximum Gasteiger partial charge on any atom is 0.407 e. The molecule has 0 saturated carbocycles. The van der Waals surface area contributed by atoms with Crippen LogP contribution in [0.15, 0.2) is 0 Å². The smallest absolute Gasteiger partial charge is 0.407 e. The zero-order chi connectivity index (χ0) is 13.8. The van der Waals surface area contributed by atoms with Crippen molar-refractivity contribution in [1.82, 2.24) is 10.2 Å². The van der Waals surface area contributed by atoms with E-state index in [0.717, 1.165) is 25.9 Å².